The molecule has 3 aromatic carbocycles. The average Bonchev–Trinajstić information content (AvgIpc) is 3.25. The quantitative estimate of drug-likeness (QED) is 0.272. The molecule has 0 saturated heterocycles. The lowest BCUT2D eigenvalue weighted by Crippen LogP contribution is -2.16. The molecule has 1 aromatic heterocycles. The van der Waals surface area contributed by atoms with Crippen LogP contribution in [0.1, 0.15) is 15.9 Å². The van der Waals surface area contributed by atoms with Crippen molar-refractivity contribution in [1.82, 2.24) is 10.3 Å². The van der Waals surface area contributed by atoms with E-state index in [4.69, 9.17) is 4.74 Å². The summed E-state index contributed by atoms with van der Waals surface area (Å²) in [6.45, 7) is 1.76. The second-order valence-electron chi connectivity index (χ2n) is 7.20. The molecular weight excluding hydrogens is 474 g/mol. The normalized spacial score (nSPS) is 10.6. The van der Waals surface area contributed by atoms with Gasteiger partial charge in [0, 0.05) is 30.0 Å². The van der Waals surface area contributed by atoms with E-state index in [-0.39, 0.29) is 18.3 Å². The van der Waals surface area contributed by atoms with E-state index >= 15 is 0 Å². The van der Waals surface area contributed by atoms with E-state index in [9.17, 15) is 4.79 Å². The van der Waals surface area contributed by atoms with Crippen LogP contribution in [0, 0.1) is 0 Å². The molecule has 5 nitrogen and oxygen atoms in total. The predicted octanol–water partition coefficient (Wildman–Crippen LogP) is 6.10. The van der Waals surface area contributed by atoms with Gasteiger partial charge in [0.05, 0.1) is 11.8 Å². The summed E-state index contributed by atoms with van der Waals surface area (Å²) in [6.07, 6.45) is 2.10. The summed E-state index contributed by atoms with van der Waals surface area (Å²) in [5.74, 6) is 1.60. The summed E-state index contributed by atoms with van der Waals surface area (Å²) >= 11 is 3.27. The van der Waals surface area contributed by atoms with E-state index in [0.29, 0.717) is 16.4 Å². The Labute approximate surface area is 208 Å². The first-order chi connectivity index (χ1) is 15.7. The standard InChI is InChI=1S/C25H25N3O2S2.ClH/c1-30-21-13-12-20(18-6-4-3-5-7-18)23-22(21)27-25(32-23)28-24(29)19-10-8-17(9-11-19)16-26-14-15-31-2;/h3-13,26H,14-16H2,1-2H3,(H,27,28,29);1H. The summed E-state index contributed by atoms with van der Waals surface area (Å²) in [7, 11) is 1.63. The molecule has 0 spiro atoms. The number of fused-ring (bicyclic) bond motifs is 1. The Balaban J connectivity index is 0.00000306. The highest BCUT2D eigenvalue weighted by Gasteiger charge is 2.16. The van der Waals surface area contributed by atoms with Crippen molar-refractivity contribution in [2.45, 2.75) is 6.54 Å². The number of hydrogen-bond donors (Lipinski definition) is 2. The van der Waals surface area contributed by atoms with Crippen molar-refractivity contribution in [2.24, 2.45) is 0 Å². The van der Waals surface area contributed by atoms with Crippen molar-refractivity contribution < 1.29 is 9.53 Å². The number of thioether (sulfide) groups is 1. The third-order valence-corrected chi connectivity index (χ3v) is 6.68. The summed E-state index contributed by atoms with van der Waals surface area (Å²) in [6, 6.07) is 21.8. The molecule has 0 saturated carbocycles. The molecule has 0 aliphatic carbocycles. The second kappa shape index (κ2) is 12.0. The zero-order valence-electron chi connectivity index (χ0n) is 18.5. The lowest BCUT2D eigenvalue weighted by atomic mass is 10.1. The van der Waals surface area contributed by atoms with Gasteiger partial charge >= 0.3 is 0 Å². The summed E-state index contributed by atoms with van der Waals surface area (Å²) in [4.78, 5) is 17.5. The molecule has 0 radical (unpaired) electrons. The molecule has 0 aliphatic heterocycles. The van der Waals surface area contributed by atoms with Gasteiger partial charge in [0.15, 0.2) is 5.13 Å². The van der Waals surface area contributed by atoms with Crippen LogP contribution >= 0.6 is 35.5 Å². The van der Waals surface area contributed by atoms with Crippen molar-refractivity contribution in [3.63, 3.8) is 0 Å². The molecular formula is C25H26ClN3O2S2. The molecule has 0 atom stereocenters. The molecule has 33 heavy (non-hydrogen) atoms. The number of ether oxygens (including phenoxy) is 1. The van der Waals surface area contributed by atoms with Crippen molar-refractivity contribution in [3.8, 4) is 16.9 Å². The fourth-order valence-electron chi connectivity index (χ4n) is 3.40. The number of halogens is 1. The Morgan fingerprint density at radius 1 is 1.06 bits per heavy atom. The van der Waals surface area contributed by atoms with Crippen molar-refractivity contribution in [3.05, 3.63) is 77.9 Å². The number of hydrogen-bond acceptors (Lipinski definition) is 6. The first-order valence-corrected chi connectivity index (χ1v) is 12.5. The number of nitrogens with zero attached hydrogens (tertiary/aromatic N) is 1. The Morgan fingerprint density at radius 3 is 2.52 bits per heavy atom. The third kappa shape index (κ3) is 6.06. The Morgan fingerprint density at radius 2 is 1.82 bits per heavy atom. The van der Waals surface area contributed by atoms with Crippen molar-refractivity contribution in [1.29, 1.82) is 0 Å². The number of amides is 1. The maximum absolute atomic E-state index is 12.8. The molecule has 0 unspecified atom stereocenters. The smallest absolute Gasteiger partial charge is 0.257 e. The van der Waals surface area contributed by atoms with Gasteiger partial charge in [0.2, 0.25) is 0 Å². The second-order valence-corrected chi connectivity index (χ2v) is 9.18. The zero-order chi connectivity index (χ0) is 22.3. The van der Waals surface area contributed by atoms with Crippen molar-refractivity contribution in [2.75, 3.05) is 31.0 Å². The van der Waals surface area contributed by atoms with Crippen LogP contribution in [0.2, 0.25) is 0 Å². The van der Waals surface area contributed by atoms with Gasteiger partial charge in [-0.25, -0.2) is 4.98 Å². The molecule has 2 N–H and O–H groups in total. The Kier molecular flexibility index (Phi) is 9.14. The minimum Gasteiger partial charge on any atom is -0.494 e. The van der Waals surface area contributed by atoms with Gasteiger partial charge in [-0.15, -0.1) is 12.4 Å². The lowest BCUT2D eigenvalue weighted by Gasteiger charge is -2.05. The monoisotopic (exact) mass is 499 g/mol. The highest BCUT2D eigenvalue weighted by atomic mass is 35.5. The summed E-state index contributed by atoms with van der Waals surface area (Å²) in [5, 5.41) is 6.90. The number of benzene rings is 3. The van der Waals surface area contributed by atoms with E-state index < -0.39 is 0 Å². The number of methoxy groups -OCH3 is 1. The Bertz CT molecular complexity index is 1200. The largest absolute Gasteiger partial charge is 0.494 e. The minimum atomic E-state index is -0.175. The van der Waals surface area contributed by atoms with Gasteiger partial charge in [-0.3, -0.25) is 10.1 Å². The molecule has 4 aromatic rings. The van der Waals surface area contributed by atoms with E-state index in [1.54, 1.807) is 7.11 Å². The maximum Gasteiger partial charge on any atom is 0.257 e. The molecule has 1 heterocycles. The predicted molar refractivity (Wildman–Crippen MR) is 143 cm³/mol. The first-order valence-electron chi connectivity index (χ1n) is 10.3. The number of nitrogens with one attached hydrogen (secondary N) is 2. The van der Waals surface area contributed by atoms with Crippen molar-refractivity contribution >= 4 is 56.8 Å². The van der Waals surface area contributed by atoms with Crippen LogP contribution in [-0.4, -0.2) is 36.6 Å². The highest BCUT2D eigenvalue weighted by Crippen LogP contribution is 2.39. The van der Waals surface area contributed by atoms with Crippen LogP contribution in [-0.2, 0) is 6.54 Å². The van der Waals surface area contributed by atoms with Gasteiger partial charge in [0.25, 0.3) is 5.91 Å². The van der Waals surface area contributed by atoms with Gasteiger partial charge < -0.3 is 10.1 Å². The van der Waals surface area contributed by atoms with Gasteiger partial charge in [-0.05, 0) is 41.6 Å². The highest BCUT2D eigenvalue weighted by molar-refractivity contribution is 7.98. The molecule has 0 aliphatic rings. The Hall–Kier alpha value is -2.58. The fraction of sp³-hybridized carbons (Fsp3) is 0.200. The van der Waals surface area contributed by atoms with Crippen LogP contribution in [0.15, 0.2) is 66.7 Å². The minimum absolute atomic E-state index is 0. The van der Waals surface area contributed by atoms with E-state index in [1.807, 2.05) is 66.4 Å². The van der Waals surface area contributed by atoms with E-state index in [1.165, 1.54) is 11.3 Å². The number of carbonyl (C=O) groups is 1. The van der Waals surface area contributed by atoms with Crippen LogP contribution in [0.25, 0.3) is 21.3 Å². The number of carbonyl (C=O) groups excluding carboxylic acids is 1. The number of thiazole rings is 1. The van der Waals surface area contributed by atoms with Crippen LogP contribution in [0.3, 0.4) is 0 Å². The number of rotatable bonds is 9. The number of aromatic nitrogens is 1. The first kappa shape index (κ1) is 25.1. The zero-order valence-corrected chi connectivity index (χ0v) is 20.9. The maximum atomic E-state index is 12.8. The summed E-state index contributed by atoms with van der Waals surface area (Å²) in [5.41, 5.74) is 4.68. The van der Waals surface area contributed by atoms with Gasteiger partial charge in [-0.1, -0.05) is 53.8 Å². The third-order valence-electron chi connectivity index (χ3n) is 5.06. The van der Waals surface area contributed by atoms with Crippen LogP contribution in [0.5, 0.6) is 5.75 Å². The molecule has 0 bridgehead atoms. The topological polar surface area (TPSA) is 63.2 Å². The molecule has 1 amide bonds. The molecule has 172 valence electrons. The lowest BCUT2D eigenvalue weighted by molar-refractivity contribution is 0.102. The SMILES string of the molecule is COc1ccc(-c2ccccc2)c2sc(NC(=O)c3ccc(CNCCSC)cc3)nc12.Cl. The van der Waals surface area contributed by atoms with Gasteiger partial charge in [0.1, 0.15) is 11.3 Å². The average molecular weight is 500 g/mol. The van der Waals surface area contributed by atoms with E-state index in [0.717, 1.165) is 45.7 Å². The molecule has 0 fully saturated rings. The molecule has 4 rings (SSSR count). The summed E-state index contributed by atoms with van der Waals surface area (Å²) < 4.78 is 6.49. The number of anilines is 1. The van der Waals surface area contributed by atoms with Gasteiger partial charge in [-0.2, -0.15) is 11.8 Å². The van der Waals surface area contributed by atoms with Crippen LogP contribution in [0.4, 0.5) is 5.13 Å². The van der Waals surface area contributed by atoms with Crippen LogP contribution < -0.4 is 15.4 Å². The van der Waals surface area contributed by atoms with E-state index in [2.05, 4.69) is 34.0 Å². The molecule has 8 heteroatoms. The fourth-order valence-corrected chi connectivity index (χ4v) is 4.76.